The Morgan fingerprint density at radius 2 is 1.63 bits per heavy atom. The molecule has 5 nitrogen and oxygen atoms in total. The molecule has 0 spiro atoms. The largest absolute Gasteiger partial charge is 0.341 e. The van der Waals surface area contributed by atoms with E-state index in [2.05, 4.69) is 18.7 Å². The Morgan fingerprint density at radius 3 is 2.30 bits per heavy atom. The summed E-state index contributed by atoms with van der Waals surface area (Å²) in [7, 11) is 0. The van der Waals surface area contributed by atoms with E-state index < -0.39 is 0 Å². The van der Waals surface area contributed by atoms with Gasteiger partial charge in [0.2, 0.25) is 5.91 Å². The summed E-state index contributed by atoms with van der Waals surface area (Å²) in [5.74, 6) is 0.915. The van der Waals surface area contributed by atoms with Gasteiger partial charge in [0.1, 0.15) is 5.82 Å². The van der Waals surface area contributed by atoms with Crippen LogP contribution in [0.2, 0.25) is 0 Å². The van der Waals surface area contributed by atoms with E-state index in [0.717, 1.165) is 26.1 Å². The first-order chi connectivity index (χ1) is 12.9. The van der Waals surface area contributed by atoms with Gasteiger partial charge in [0.05, 0.1) is 6.54 Å². The Kier molecular flexibility index (Phi) is 6.47. The van der Waals surface area contributed by atoms with Crippen LogP contribution in [-0.2, 0) is 4.79 Å². The summed E-state index contributed by atoms with van der Waals surface area (Å²) < 4.78 is 13.1. The molecule has 0 bridgehead atoms. The Hall–Kier alpha value is -1.95. The predicted octanol–water partition coefficient (Wildman–Crippen LogP) is 2.48. The lowest BCUT2D eigenvalue weighted by atomic mass is 9.92. The van der Waals surface area contributed by atoms with E-state index in [-0.39, 0.29) is 17.6 Å². The molecule has 3 rings (SSSR count). The maximum atomic E-state index is 13.1. The Labute approximate surface area is 161 Å². The van der Waals surface area contributed by atoms with Gasteiger partial charge in [0.25, 0.3) is 5.91 Å². The van der Waals surface area contributed by atoms with E-state index >= 15 is 0 Å². The van der Waals surface area contributed by atoms with Crippen LogP contribution in [0.4, 0.5) is 4.39 Å². The highest BCUT2D eigenvalue weighted by molar-refractivity contribution is 5.94. The highest BCUT2D eigenvalue weighted by atomic mass is 19.1. The summed E-state index contributed by atoms with van der Waals surface area (Å²) in [6, 6.07) is 5.69. The van der Waals surface area contributed by atoms with E-state index in [1.807, 2.05) is 9.80 Å². The van der Waals surface area contributed by atoms with Crippen LogP contribution in [-0.4, -0.2) is 72.3 Å². The zero-order valence-corrected chi connectivity index (χ0v) is 16.4. The zero-order chi connectivity index (χ0) is 19.4. The molecule has 2 amide bonds. The molecular formula is C21H30FN3O2. The number of nitrogens with zero attached hydrogens (tertiary/aromatic N) is 3. The number of carbonyl (C=O) groups excluding carboxylic acids is 2. The van der Waals surface area contributed by atoms with Crippen LogP contribution in [0.3, 0.4) is 0 Å². The molecule has 6 heteroatoms. The molecule has 2 aliphatic rings. The molecule has 2 fully saturated rings. The van der Waals surface area contributed by atoms with Crippen molar-refractivity contribution in [2.75, 3.05) is 45.8 Å². The first-order valence-corrected chi connectivity index (χ1v) is 9.97. The van der Waals surface area contributed by atoms with Crippen LogP contribution in [0, 0.1) is 17.7 Å². The quantitative estimate of drug-likeness (QED) is 0.815. The minimum atomic E-state index is -0.339. The second kappa shape index (κ2) is 8.83. The predicted molar refractivity (Wildman–Crippen MR) is 103 cm³/mol. The lowest BCUT2D eigenvalue weighted by Gasteiger charge is -2.36. The summed E-state index contributed by atoms with van der Waals surface area (Å²) in [4.78, 5) is 31.3. The molecule has 27 heavy (non-hydrogen) atoms. The van der Waals surface area contributed by atoms with Gasteiger partial charge in [0.15, 0.2) is 0 Å². The average molecular weight is 375 g/mol. The molecule has 148 valence electrons. The van der Waals surface area contributed by atoms with Crippen molar-refractivity contribution >= 4 is 11.8 Å². The van der Waals surface area contributed by atoms with Crippen molar-refractivity contribution in [2.45, 2.75) is 26.7 Å². The van der Waals surface area contributed by atoms with Gasteiger partial charge in [-0.25, -0.2) is 4.39 Å². The highest BCUT2D eigenvalue weighted by Gasteiger charge is 2.27. The number of halogens is 1. The van der Waals surface area contributed by atoms with Crippen molar-refractivity contribution in [3.8, 4) is 0 Å². The number of hydrogen-bond donors (Lipinski definition) is 0. The van der Waals surface area contributed by atoms with E-state index in [9.17, 15) is 14.0 Å². The van der Waals surface area contributed by atoms with Crippen molar-refractivity contribution < 1.29 is 14.0 Å². The summed E-state index contributed by atoms with van der Waals surface area (Å²) >= 11 is 0. The SMILES string of the molecule is CC1CC(C)CN(C(=O)CN2CCCN(C(=O)c3ccc(F)cc3)CC2)C1. The number of amides is 2. The van der Waals surface area contributed by atoms with E-state index in [1.54, 1.807) is 0 Å². The maximum absolute atomic E-state index is 13.1. The molecule has 2 atom stereocenters. The Morgan fingerprint density at radius 1 is 0.963 bits per heavy atom. The number of benzene rings is 1. The molecule has 2 aliphatic heterocycles. The van der Waals surface area contributed by atoms with Gasteiger partial charge >= 0.3 is 0 Å². The fraction of sp³-hybridized carbons (Fsp3) is 0.619. The average Bonchev–Trinajstić information content (AvgIpc) is 2.86. The van der Waals surface area contributed by atoms with Crippen molar-refractivity contribution in [1.29, 1.82) is 0 Å². The van der Waals surface area contributed by atoms with Crippen LogP contribution in [0.15, 0.2) is 24.3 Å². The highest BCUT2D eigenvalue weighted by Crippen LogP contribution is 2.21. The Bertz CT molecular complexity index is 654. The minimum Gasteiger partial charge on any atom is -0.341 e. The molecule has 0 radical (unpaired) electrons. The van der Waals surface area contributed by atoms with Gasteiger partial charge in [-0.2, -0.15) is 0 Å². The third-order valence-electron chi connectivity index (χ3n) is 5.55. The van der Waals surface area contributed by atoms with Crippen LogP contribution in [0.5, 0.6) is 0 Å². The van der Waals surface area contributed by atoms with Crippen LogP contribution in [0.25, 0.3) is 0 Å². The molecule has 0 aliphatic carbocycles. The monoisotopic (exact) mass is 375 g/mol. The summed E-state index contributed by atoms with van der Waals surface area (Å²) in [6.45, 7) is 9.32. The van der Waals surface area contributed by atoms with Gasteiger partial charge in [-0.15, -0.1) is 0 Å². The standard InChI is InChI=1S/C21H30FN3O2/c1-16-12-17(2)14-25(13-16)20(26)15-23-8-3-9-24(11-10-23)21(27)18-4-6-19(22)7-5-18/h4-7,16-17H,3,8-15H2,1-2H3. The fourth-order valence-corrected chi connectivity index (χ4v) is 4.27. The molecule has 2 unspecified atom stereocenters. The summed E-state index contributed by atoms with van der Waals surface area (Å²) in [6.07, 6.45) is 2.03. The van der Waals surface area contributed by atoms with Gasteiger partial charge in [0, 0.05) is 44.8 Å². The third kappa shape index (κ3) is 5.28. The van der Waals surface area contributed by atoms with Crippen LogP contribution in [0.1, 0.15) is 37.0 Å². The molecule has 0 N–H and O–H groups in total. The number of piperidine rings is 1. The van der Waals surface area contributed by atoms with Crippen molar-refractivity contribution in [3.05, 3.63) is 35.6 Å². The first-order valence-electron chi connectivity index (χ1n) is 9.97. The van der Waals surface area contributed by atoms with E-state index in [1.165, 1.54) is 30.7 Å². The van der Waals surface area contributed by atoms with Gasteiger partial charge in [-0.1, -0.05) is 13.8 Å². The lowest BCUT2D eigenvalue weighted by Crippen LogP contribution is -2.47. The van der Waals surface area contributed by atoms with Gasteiger partial charge in [-0.05, 0) is 48.9 Å². The second-order valence-corrected chi connectivity index (χ2v) is 8.17. The molecule has 1 aromatic rings. The van der Waals surface area contributed by atoms with E-state index in [0.29, 0.717) is 43.6 Å². The number of likely N-dealkylation sites (tertiary alicyclic amines) is 1. The molecule has 0 aromatic heterocycles. The number of rotatable bonds is 3. The van der Waals surface area contributed by atoms with E-state index in [4.69, 9.17) is 0 Å². The first kappa shape index (κ1) is 19.8. The van der Waals surface area contributed by atoms with Gasteiger partial charge < -0.3 is 9.80 Å². The van der Waals surface area contributed by atoms with Crippen LogP contribution < -0.4 is 0 Å². The van der Waals surface area contributed by atoms with Crippen molar-refractivity contribution in [2.24, 2.45) is 11.8 Å². The Balaban J connectivity index is 1.53. The molecule has 2 heterocycles. The van der Waals surface area contributed by atoms with Crippen LogP contribution >= 0.6 is 0 Å². The van der Waals surface area contributed by atoms with Crippen molar-refractivity contribution in [3.63, 3.8) is 0 Å². The summed E-state index contributed by atoms with van der Waals surface area (Å²) in [5.41, 5.74) is 0.511. The van der Waals surface area contributed by atoms with Crippen molar-refractivity contribution in [1.82, 2.24) is 14.7 Å². The number of carbonyl (C=O) groups is 2. The summed E-state index contributed by atoms with van der Waals surface area (Å²) in [5, 5.41) is 0. The molecule has 0 saturated carbocycles. The zero-order valence-electron chi connectivity index (χ0n) is 16.4. The second-order valence-electron chi connectivity index (χ2n) is 8.17. The smallest absolute Gasteiger partial charge is 0.253 e. The lowest BCUT2D eigenvalue weighted by molar-refractivity contribution is -0.135. The maximum Gasteiger partial charge on any atom is 0.253 e. The fourth-order valence-electron chi connectivity index (χ4n) is 4.27. The number of hydrogen-bond acceptors (Lipinski definition) is 3. The molecule has 1 aromatic carbocycles. The topological polar surface area (TPSA) is 43.9 Å². The minimum absolute atomic E-state index is 0.0677. The molecular weight excluding hydrogens is 345 g/mol. The third-order valence-corrected chi connectivity index (χ3v) is 5.55. The normalized spacial score (nSPS) is 24.6. The molecule has 2 saturated heterocycles. The van der Waals surface area contributed by atoms with Gasteiger partial charge in [-0.3, -0.25) is 14.5 Å².